The van der Waals surface area contributed by atoms with Crippen molar-refractivity contribution in [3.8, 4) is 11.3 Å². The van der Waals surface area contributed by atoms with Crippen molar-refractivity contribution < 1.29 is 18.0 Å². The smallest absolute Gasteiger partial charge is 0.354 e. The number of alkyl halides is 3. The number of aryl methyl sites for hydroxylation is 2. The highest BCUT2D eigenvalue weighted by Crippen LogP contribution is 2.35. The number of hydrogen-bond acceptors (Lipinski definition) is 1. The molecule has 0 atom stereocenters. The van der Waals surface area contributed by atoms with Crippen molar-refractivity contribution in [3.05, 3.63) is 58.7 Å². The summed E-state index contributed by atoms with van der Waals surface area (Å²) < 4.78 is 38.7. The molecule has 0 saturated carbocycles. The number of aromatic nitrogens is 1. The number of nitrogens with one attached hydrogen (secondary N) is 1. The highest BCUT2D eigenvalue weighted by molar-refractivity contribution is 6.05. The Balaban J connectivity index is 2.29. The van der Waals surface area contributed by atoms with Gasteiger partial charge in [-0.3, -0.25) is 4.79 Å². The molecule has 0 aliphatic heterocycles. The Morgan fingerprint density at radius 3 is 2.48 bits per heavy atom. The van der Waals surface area contributed by atoms with E-state index < -0.39 is 11.7 Å². The van der Waals surface area contributed by atoms with Gasteiger partial charge in [0.25, 0.3) is 0 Å². The van der Waals surface area contributed by atoms with E-state index in [1.165, 1.54) is 6.07 Å². The number of aldehydes is 1. The number of hydrogen-bond donors (Lipinski definition) is 1. The van der Waals surface area contributed by atoms with Crippen molar-refractivity contribution >= 4 is 17.2 Å². The number of halogens is 3. The largest absolute Gasteiger partial charge is 0.416 e. The van der Waals surface area contributed by atoms with E-state index in [0.29, 0.717) is 23.1 Å². The Bertz CT molecular complexity index is 907. The highest BCUT2D eigenvalue weighted by atomic mass is 19.4. The van der Waals surface area contributed by atoms with Gasteiger partial charge in [-0.25, -0.2) is 0 Å². The lowest BCUT2D eigenvalue weighted by Gasteiger charge is -2.08. The van der Waals surface area contributed by atoms with E-state index >= 15 is 0 Å². The molecule has 118 valence electrons. The van der Waals surface area contributed by atoms with E-state index in [0.717, 1.165) is 34.2 Å². The number of aromatic amines is 1. The van der Waals surface area contributed by atoms with Crippen LogP contribution < -0.4 is 0 Å². The molecule has 1 aromatic heterocycles. The van der Waals surface area contributed by atoms with Crippen LogP contribution in [0.4, 0.5) is 13.2 Å². The van der Waals surface area contributed by atoms with Crippen LogP contribution >= 0.6 is 0 Å². The third-order valence-corrected chi connectivity index (χ3v) is 3.89. The standard InChI is InChI=1S/C18H14F3NO/c1-10-6-11(2)16-14(7-10)15(9-23)17(22-16)12-4-3-5-13(8-12)18(19,20)21/h3-9,22H,1-2H3. The number of fused-ring (bicyclic) bond motifs is 1. The first kappa shape index (κ1) is 15.3. The van der Waals surface area contributed by atoms with Gasteiger partial charge in [0, 0.05) is 16.5 Å². The molecule has 0 aliphatic carbocycles. The Hall–Kier alpha value is -2.56. The van der Waals surface area contributed by atoms with Gasteiger partial charge >= 0.3 is 6.18 Å². The summed E-state index contributed by atoms with van der Waals surface area (Å²) in [5.74, 6) is 0. The lowest BCUT2D eigenvalue weighted by Crippen LogP contribution is -2.04. The van der Waals surface area contributed by atoms with Crippen LogP contribution in [0.3, 0.4) is 0 Å². The van der Waals surface area contributed by atoms with Gasteiger partial charge in [0.05, 0.1) is 11.3 Å². The Kier molecular flexibility index (Phi) is 3.51. The fourth-order valence-electron chi connectivity index (χ4n) is 2.87. The van der Waals surface area contributed by atoms with E-state index in [2.05, 4.69) is 4.98 Å². The summed E-state index contributed by atoms with van der Waals surface area (Å²) >= 11 is 0. The van der Waals surface area contributed by atoms with Crippen LogP contribution in [0, 0.1) is 13.8 Å². The topological polar surface area (TPSA) is 32.9 Å². The normalized spacial score (nSPS) is 11.9. The average Bonchev–Trinajstić information content (AvgIpc) is 2.85. The Labute approximate surface area is 130 Å². The fraction of sp³-hybridized carbons (Fsp3) is 0.167. The van der Waals surface area contributed by atoms with Gasteiger partial charge < -0.3 is 4.98 Å². The number of carbonyl (C=O) groups is 1. The minimum Gasteiger partial charge on any atom is -0.354 e. The molecule has 0 bridgehead atoms. The Morgan fingerprint density at radius 1 is 1.09 bits per heavy atom. The van der Waals surface area contributed by atoms with Gasteiger partial charge in [0.1, 0.15) is 0 Å². The van der Waals surface area contributed by atoms with Gasteiger partial charge in [0.2, 0.25) is 0 Å². The number of carbonyl (C=O) groups excluding carboxylic acids is 1. The molecule has 0 spiro atoms. The summed E-state index contributed by atoms with van der Waals surface area (Å²) in [7, 11) is 0. The fourth-order valence-corrected chi connectivity index (χ4v) is 2.87. The number of rotatable bonds is 2. The summed E-state index contributed by atoms with van der Waals surface area (Å²) in [6.45, 7) is 3.81. The van der Waals surface area contributed by atoms with Gasteiger partial charge in [-0.05, 0) is 43.2 Å². The van der Waals surface area contributed by atoms with Crippen molar-refractivity contribution in [1.29, 1.82) is 0 Å². The monoisotopic (exact) mass is 317 g/mol. The van der Waals surface area contributed by atoms with Gasteiger partial charge in [-0.15, -0.1) is 0 Å². The molecule has 0 saturated heterocycles. The maximum Gasteiger partial charge on any atom is 0.416 e. The molecule has 1 N–H and O–H groups in total. The van der Waals surface area contributed by atoms with Crippen LogP contribution in [-0.4, -0.2) is 11.3 Å². The Morgan fingerprint density at radius 2 is 1.83 bits per heavy atom. The molecule has 3 aromatic rings. The van der Waals surface area contributed by atoms with Crippen LogP contribution in [0.5, 0.6) is 0 Å². The number of benzene rings is 2. The SMILES string of the molecule is Cc1cc(C)c2[nH]c(-c3cccc(C(F)(F)F)c3)c(C=O)c2c1. The van der Waals surface area contributed by atoms with Gasteiger partial charge in [0.15, 0.2) is 6.29 Å². The summed E-state index contributed by atoms with van der Waals surface area (Å²) in [4.78, 5) is 14.6. The summed E-state index contributed by atoms with van der Waals surface area (Å²) in [6.07, 6.45) is -3.73. The summed E-state index contributed by atoms with van der Waals surface area (Å²) in [6, 6.07) is 8.80. The van der Waals surface area contributed by atoms with E-state index in [1.54, 1.807) is 6.07 Å². The molecule has 2 aromatic carbocycles. The molecule has 3 rings (SSSR count). The quantitative estimate of drug-likeness (QED) is 0.641. The second kappa shape index (κ2) is 5.26. The van der Waals surface area contributed by atoms with Crippen molar-refractivity contribution in [2.45, 2.75) is 20.0 Å². The summed E-state index contributed by atoms with van der Waals surface area (Å²) in [5.41, 5.74) is 3.11. The maximum atomic E-state index is 12.9. The maximum absolute atomic E-state index is 12.9. The molecule has 2 nitrogen and oxygen atoms in total. The minimum absolute atomic E-state index is 0.343. The molecule has 0 fully saturated rings. The molecular formula is C18H14F3NO. The van der Waals surface area contributed by atoms with Gasteiger partial charge in [-0.1, -0.05) is 23.8 Å². The van der Waals surface area contributed by atoms with Crippen LogP contribution in [0.2, 0.25) is 0 Å². The van der Waals surface area contributed by atoms with Crippen molar-refractivity contribution in [3.63, 3.8) is 0 Å². The van der Waals surface area contributed by atoms with E-state index in [1.807, 2.05) is 26.0 Å². The zero-order valence-corrected chi connectivity index (χ0v) is 12.6. The van der Waals surface area contributed by atoms with Crippen molar-refractivity contribution in [2.75, 3.05) is 0 Å². The molecule has 0 amide bonds. The lowest BCUT2D eigenvalue weighted by molar-refractivity contribution is -0.137. The van der Waals surface area contributed by atoms with E-state index in [9.17, 15) is 18.0 Å². The highest BCUT2D eigenvalue weighted by Gasteiger charge is 2.30. The second-order valence-corrected chi connectivity index (χ2v) is 5.61. The predicted octanol–water partition coefficient (Wildman–Crippen LogP) is 5.28. The average molecular weight is 317 g/mol. The first-order chi connectivity index (χ1) is 10.8. The predicted molar refractivity (Wildman–Crippen MR) is 83.6 cm³/mol. The molecule has 0 unspecified atom stereocenters. The first-order valence-electron chi connectivity index (χ1n) is 7.07. The third kappa shape index (κ3) is 2.63. The van der Waals surface area contributed by atoms with Crippen molar-refractivity contribution in [1.82, 2.24) is 4.98 Å². The lowest BCUT2D eigenvalue weighted by atomic mass is 10.0. The molecule has 23 heavy (non-hydrogen) atoms. The minimum atomic E-state index is -4.42. The van der Waals surface area contributed by atoms with Crippen LogP contribution in [0.15, 0.2) is 36.4 Å². The van der Waals surface area contributed by atoms with Crippen LogP contribution in [-0.2, 0) is 6.18 Å². The van der Waals surface area contributed by atoms with E-state index in [4.69, 9.17) is 0 Å². The molecule has 1 heterocycles. The van der Waals surface area contributed by atoms with Crippen molar-refractivity contribution in [2.24, 2.45) is 0 Å². The zero-order valence-electron chi connectivity index (χ0n) is 12.6. The molecule has 0 aliphatic rings. The molecular weight excluding hydrogens is 303 g/mol. The third-order valence-electron chi connectivity index (χ3n) is 3.89. The second-order valence-electron chi connectivity index (χ2n) is 5.61. The number of H-pyrrole nitrogens is 1. The van der Waals surface area contributed by atoms with Crippen LogP contribution in [0.25, 0.3) is 22.2 Å². The van der Waals surface area contributed by atoms with Gasteiger partial charge in [-0.2, -0.15) is 13.2 Å². The molecule has 0 radical (unpaired) electrons. The van der Waals surface area contributed by atoms with E-state index in [-0.39, 0.29) is 0 Å². The zero-order chi connectivity index (χ0) is 16.8. The van der Waals surface area contributed by atoms with Crippen LogP contribution in [0.1, 0.15) is 27.0 Å². The molecule has 5 heteroatoms. The first-order valence-corrected chi connectivity index (χ1v) is 7.07. The summed E-state index contributed by atoms with van der Waals surface area (Å²) in [5, 5.41) is 0.727.